The van der Waals surface area contributed by atoms with Crippen molar-refractivity contribution in [2.75, 3.05) is 5.01 Å². The molecule has 132 valence electrons. The smallest absolute Gasteiger partial charge is 0.0719 e. The Morgan fingerprint density at radius 3 is 1.89 bits per heavy atom. The minimum Gasteiger partial charge on any atom is -0.316 e. The molecular formula is C23H18ClN3. The molecule has 0 saturated carbocycles. The van der Waals surface area contributed by atoms with Crippen molar-refractivity contribution >= 4 is 29.2 Å². The maximum atomic E-state index is 6.01. The lowest BCUT2D eigenvalue weighted by atomic mass is 10.2. The van der Waals surface area contributed by atoms with Crippen LogP contribution in [0.3, 0.4) is 0 Å². The van der Waals surface area contributed by atoms with Crippen molar-refractivity contribution in [2.45, 2.75) is 0 Å². The van der Waals surface area contributed by atoms with Crippen LogP contribution in [0, 0.1) is 0 Å². The third kappa shape index (κ3) is 3.94. The molecule has 1 heterocycles. The summed E-state index contributed by atoms with van der Waals surface area (Å²) in [4.78, 5) is 0. The van der Waals surface area contributed by atoms with Gasteiger partial charge in [0.15, 0.2) is 0 Å². The van der Waals surface area contributed by atoms with Crippen LogP contribution >= 0.6 is 11.6 Å². The van der Waals surface area contributed by atoms with Gasteiger partial charge in [-0.15, -0.1) is 0 Å². The first kappa shape index (κ1) is 17.1. The van der Waals surface area contributed by atoms with Crippen molar-refractivity contribution in [3.05, 3.63) is 114 Å². The average molecular weight is 372 g/mol. The Kier molecular flexibility index (Phi) is 5.04. The zero-order valence-electron chi connectivity index (χ0n) is 14.6. The van der Waals surface area contributed by atoms with E-state index in [1.807, 2.05) is 114 Å². The summed E-state index contributed by atoms with van der Waals surface area (Å²) in [7, 11) is 0. The van der Waals surface area contributed by atoms with Gasteiger partial charge in [-0.25, -0.2) is 5.01 Å². The number of nitrogens with zero attached hydrogens (tertiary/aromatic N) is 3. The summed E-state index contributed by atoms with van der Waals surface area (Å²) in [5.41, 5.74) is 4.03. The minimum atomic E-state index is 0.723. The summed E-state index contributed by atoms with van der Waals surface area (Å²) in [6, 6.07) is 32.0. The predicted octanol–water partition coefficient (Wildman–Crippen LogP) is 6.30. The lowest BCUT2D eigenvalue weighted by Gasteiger charge is -2.19. The van der Waals surface area contributed by atoms with Gasteiger partial charge in [0, 0.05) is 16.9 Å². The van der Waals surface area contributed by atoms with E-state index in [9.17, 15) is 0 Å². The summed E-state index contributed by atoms with van der Waals surface area (Å²) in [6.07, 6.45) is 3.88. The monoisotopic (exact) mass is 371 g/mol. The van der Waals surface area contributed by atoms with E-state index >= 15 is 0 Å². The van der Waals surface area contributed by atoms with E-state index in [4.69, 9.17) is 16.7 Å². The molecule has 4 heteroatoms. The van der Waals surface area contributed by atoms with Gasteiger partial charge in [-0.3, -0.25) is 0 Å². The minimum absolute atomic E-state index is 0.723. The van der Waals surface area contributed by atoms with Crippen molar-refractivity contribution in [1.82, 2.24) is 4.57 Å². The second-order valence-electron chi connectivity index (χ2n) is 6.01. The van der Waals surface area contributed by atoms with Gasteiger partial charge in [-0.1, -0.05) is 48.0 Å². The number of hydrogen-bond donors (Lipinski definition) is 0. The molecule has 3 aromatic carbocycles. The van der Waals surface area contributed by atoms with E-state index in [2.05, 4.69) is 4.57 Å². The first-order chi connectivity index (χ1) is 13.3. The fraction of sp³-hybridized carbons (Fsp3) is 0. The Bertz CT molecular complexity index is 983. The number of hydrazone groups is 1. The maximum Gasteiger partial charge on any atom is 0.0719 e. The zero-order chi connectivity index (χ0) is 18.5. The molecule has 0 aliphatic heterocycles. The van der Waals surface area contributed by atoms with Crippen LogP contribution in [-0.4, -0.2) is 10.8 Å². The van der Waals surface area contributed by atoms with Crippen molar-refractivity contribution < 1.29 is 0 Å². The molecule has 0 bridgehead atoms. The van der Waals surface area contributed by atoms with Crippen LogP contribution < -0.4 is 5.01 Å². The Morgan fingerprint density at radius 1 is 0.704 bits per heavy atom. The molecule has 1 aromatic heterocycles. The molecule has 4 rings (SSSR count). The van der Waals surface area contributed by atoms with Gasteiger partial charge < -0.3 is 4.57 Å². The molecule has 27 heavy (non-hydrogen) atoms. The van der Waals surface area contributed by atoms with E-state index in [0.29, 0.717) is 0 Å². The summed E-state index contributed by atoms with van der Waals surface area (Å²) in [6.45, 7) is 0. The highest BCUT2D eigenvalue weighted by atomic mass is 35.5. The fourth-order valence-electron chi connectivity index (χ4n) is 2.87. The zero-order valence-corrected chi connectivity index (χ0v) is 15.4. The van der Waals surface area contributed by atoms with Gasteiger partial charge in [-0.05, 0) is 60.7 Å². The SMILES string of the molecule is Clc1ccc(-n2cccc2/C=N\N(c2ccccc2)c2ccccc2)cc1. The van der Waals surface area contributed by atoms with Crippen molar-refractivity contribution in [1.29, 1.82) is 0 Å². The Morgan fingerprint density at radius 2 is 1.30 bits per heavy atom. The van der Waals surface area contributed by atoms with Crippen LogP contribution in [0.4, 0.5) is 11.4 Å². The molecular weight excluding hydrogens is 354 g/mol. The van der Waals surface area contributed by atoms with E-state index in [1.165, 1.54) is 0 Å². The van der Waals surface area contributed by atoms with Crippen LogP contribution in [-0.2, 0) is 0 Å². The molecule has 0 N–H and O–H groups in total. The van der Waals surface area contributed by atoms with Gasteiger partial charge in [0.1, 0.15) is 0 Å². The molecule has 0 unspecified atom stereocenters. The molecule has 0 amide bonds. The van der Waals surface area contributed by atoms with E-state index in [1.54, 1.807) is 0 Å². The molecule has 4 aromatic rings. The van der Waals surface area contributed by atoms with Gasteiger partial charge >= 0.3 is 0 Å². The quantitative estimate of drug-likeness (QED) is 0.297. The number of benzene rings is 3. The number of aromatic nitrogens is 1. The second kappa shape index (κ2) is 7.94. The van der Waals surface area contributed by atoms with E-state index in [-0.39, 0.29) is 0 Å². The Balaban J connectivity index is 1.69. The molecule has 0 aliphatic rings. The van der Waals surface area contributed by atoms with Crippen LogP contribution in [0.25, 0.3) is 5.69 Å². The molecule has 0 fully saturated rings. The van der Waals surface area contributed by atoms with Gasteiger partial charge in [0.2, 0.25) is 0 Å². The van der Waals surface area contributed by atoms with Gasteiger partial charge in [0.25, 0.3) is 0 Å². The Hall–Kier alpha value is -3.30. The first-order valence-corrected chi connectivity index (χ1v) is 9.06. The molecule has 0 aliphatic carbocycles. The second-order valence-corrected chi connectivity index (χ2v) is 6.44. The topological polar surface area (TPSA) is 20.5 Å². The number of halogens is 1. The third-order valence-corrected chi connectivity index (χ3v) is 4.44. The highest BCUT2D eigenvalue weighted by molar-refractivity contribution is 6.30. The van der Waals surface area contributed by atoms with Crippen LogP contribution in [0.1, 0.15) is 5.69 Å². The first-order valence-electron chi connectivity index (χ1n) is 8.69. The highest BCUT2D eigenvalue weighted by Gasteiger charge is 2.07. The fourth-order valence-corrected chi connectivity index (χ4v) is 3.00. The number of para-hydroxylation sites is 2. The van der Waals surface area contributed by atoms with E-state index in [0.717, 1.165) is 27.8 Å². The molecule has 0 spiro atoms. The molecule has 0 atom stereocenters. The number of hydrogen-bond acceptors (Lipinski definition) is 2. The summed E-state index contributed by atoms with van der Waals surface area (Å²) in [5.74, 6) is 0. The summed E-state index contributed by atoms with van der Waals surface area (Å²) < 4.78 is 2.08. The van der Waals surface area contributed by atoms with E-state index < -0.39 is 0 Å². The van der Waals surface area contributed by atoms with Crippen molar-refractivity contribution in [3.8, 4) is 5.69 Å². The maximum absolute atomic E-state index is 6.01. The molecule has 0 radical (unpaired) electrons. The third-order valence-electron chi connectivity index (χ3n) is 4.19. The summed E-state index contributed by atoms with van der Waals surface area (Å²) >= 11 is 6.01. The number of anilines is 2. The van der Waals surface area contributed by atoms with Crippen LogP contribution in [0.2, 0.25) is 5.02 Å². The van der Waals surface area contributed by atoms with Crippen LogP contribution in [0.5, 0.6) is 0 Å². The molecule has 3 nitrogen and oxygen atoms in total. The van der Waals surface area contributed by atoms with Crippen LogP contribution in [0.15, 0.2) is 108 Å². The largest absolute Gasteiger partial charge is 0.316 e. The van der Waals surface area contributed by atoms with Gasteiger partial charge in [0.05, 0.1) is 23.3 Å². The number of rotatable bonds is 5. The normalized spacial score (nSPS) is 11.0. The molecule has 0 saturated heterocycles. The predicted molar refractivity (Wildman–Crippen MR) is 113 cm³/mol. The summed E-state index contributed by atoms with van der Waals surface area (Å²) in [5, 5.41) is 7.42. The lowest BCUT2D eigenvalue weighted by molar-refractivity contribution is 1.05. The average Bonchev–Trinajstić information content (AvgIpc) is 3.19. The standard InChI is InChI=1S/C23H18ClN3/c24-19-13-15-20(16-14-19)26-17-7-12-23(26)18-25-27(21-8-3-1-4-9-21)22-10-5-2-6-11-22/h1-18H/b25-18-. The lowest BCUT2D eigenvalue weighted by Crippen LogP contribution is -2.10. The highest BCUT2D eigenvalue weighted by Crippen LogP contribution is 2.25. The van der Waals surface area contributed by atoms with Crippen molar-refractivity contribution in [2.24, 2.45) is 5.10 Å². The van der Waals surface area contributed by atoms with Crippen molar-refractivity contribution in [3.63, 3.8) is 0 Å². The van der Waals surface area contributed by atoms with Gasteiger partial charge in [-0.2, -0.15) is 5.10 Å². The Labute approximate surface area is 163 Å².